The van der Waals surface area contributed by atoms with Crippen molar-refractivity contribution in [2.45, 2.75) is 13.8 Å². The zero-order valence-corrected chi connectivity index (χ0v) is 13.6. The van der Waals surface area contributed by atoms with Gasteiger partial charge in [-0.2, -0.15) is 0 Å². The zero-order chi connectivity index (χ0) is 14.5. The smallest absolute Gasteiger partial charge is 0.139 e. The molecule has 21 heavy (non-hydrogen) atoms. The lowest BCUT2D eigenvalue weighted by molar-refractivity contribution is 0.318. The predicted molar refractivity (Wildman–Crippen MR) is 88.0 cm³/mol. The molecule has 0 aliphatic rings. The number of nitrogens with two attached hydrogens (primary N) is 1. The highest BCUT2D eigenvalue weighted by molar-refractivity contribution is 7.09. The van der Waals surface area contributed by atoms with Gasteiger partial charge < -0.3 is 10.5 Å². The molecule has 1 aromatic carbocycles. The molecule has 1 heterocycles. The Morgan fingerprint density at radius 2 is 2.19 bits per heavy atom. The Labute approximate surface area is 134 Å². The van der Waals surface area contributed by atoms with Crippen LogP contribution in [0.15, 0.2) is 35.5 Å². The third-order valence-electron chi connectivity index (χ3n) is 2.81. The Kier molecular flexibility index (Phi) is 6.81. The van der Waals surface area contributed by atoms with E-state index >= 15 is 0 Å². The Morgan fingerprint density at radius 3 is 2.76 bits per heavy atom. The van der Waals surface area contributed by atoms with Crippen LogP contribution in [-0.4, -0.2) is 18.1 Å². The van der Waals surface area contributed by atoms with Crippen LogP contribution < -0.4 is 10.5 Å². The van der Waals surface area contributed by atoms with E-state index in [1.54, 1.807) is 11.3 Å². The normalized spacial score (nSPS) is 11.1. The number of thiazole rings is 1. The van der Waals surface area contributed by atoms with Crippen molar-refractivity contribution in [3.05, 3.63) is 46.1 Å². The Balaban J connectivity index is 0.00000220. The highest BCUT2D eigenvalue weighted by atomic mass is 35.5. The van der Waals surface area contributed by atoms with Crippen molar-refractivity contribution in [3.63, 3.8) is 0 Å². The van der Waals surface area contributed by atoms with Gasteiger partial charge in [-0.05, 0) is 43.7 Å². The maximum Gasteiger partial charge on any atom is 0.139 e. The molecule has 2 N–H and O–H groups in total. The van der Waals surface area contributed by atoms with E-state index in [4.69, 9.17) is 10.5 Å². The lowest BCUT2D eigenvalue weighted by Crippen LogP contribution is -2.01. The summed E-state index contributed by atoms with van der Waals surface area (Å²) in [5.41, 5.74) is 8.32. The lowest BCUT2D eigenvalue weighted by Gasteiger charge is -2.08. The molecule has 6 heteroatoms. The first-order chi connectivity index (χ1) is 9.60. The average Bonchev–Trinajstić information content (AvgIpc) is 2.83. The van der Waals surface area contributed by atoms with E-state index in [-0.39, 0.29) is 31.4 Å². The molecule has 2 aromatic rings. The molecule has 114 valence electrons. The molecule has 0 amide bonds. The summed E-state index contributed by atoms with van der Waals surface area (Å²) in [5, 5.41) is 3.07. The fraction of sp³-hybridized carbons (Fsp3) is 0.267. The van der Waals surface area contributed by atoms with Crippen molar-refractivity contribution in [2.24, 2.45) is 5.73 Å². The first kappa shape index (κ1) is 17.6. The fourth-order valence-corrected chi connectivity index (χ4v) is 2.45. The Bertz CT molecular complexity index is 628. The first-order valence-corrected chi connectivity index (χ1v) is 7.18. The SMILES string of the molecule is Cc1nc(-c2ccc(OC/C(F)=C/CN)cc2C)cs1.Cl. The van der Waals surface area contributed by atoms with Gasteiger partial charge in [0.05, 0.1) is 10.7 Å². The van der Waals surface area contributed by atoms with Gasteiger partial charge in [0, 0.05) is 17.5 Å². The molecule has 0 saturated heterocycles. The molecule has 0 spiro atoms. The highest BCUT2D eigenvalue weighted by Gasteiger charge is 2.07. The lowest BCUT2D eigenvalue weighted by atomic mass is 10.1. The minimum Gasteiger partial charge on any atom is -0.487 e. The van der Waals surface area contributed by atoms with E-state index in [9.17, 15) is 4.39 Å². The van der Waals surface area contributed by atoms with Gasteiger partial charge in [0.2, 0.25) is 0 Å². The second-order valence-electron chi connectivity index (χ2n) is 4.40. The van der Waals surface area contributed by atoms with E-state index in [1.165, 1.54) is 6.08 Å². The fourth-order valence-electron chi connectivity index (χ4n) is 1.84. The van der Waals surface area contributed by atoms with Gasteiger partial charge in [-0.25, -0.2) is 9.37 Å². The summed E-state index contributed by atoms with van der Waals surface area (Å²) in [4.78, 5) is 4.46. The van der Waals surface area contributed by atoms with Gasteiger partial charge in [0.15, 0.2) is 0 Å². The number of rotatable bonds is 5. The van der Waals surface area contributed by atoms with Crippen LogP contribution in [0.3, 0.4) is 0 Å². The quantitative estimate of drug-likeness (QED) is 0.901. The summed E-state index contributed by atoms with van der Waals surface area (Å²) in [7, 11) is 0. The molecule has 0 aliphatic heterocycles. The van der Waals surface area contributed by atoms with Gasteiger partial charge >= 0.3 is 0 Å². The van der Waals surface area contributed by atoms with Gasteiger partial charge in [-0.3, -0.25) is 0 Å². The number of ether oxygens (including phenoxy) is 1. The largest absolute Gasteiger partial charge is 0.487 e. The number of aryl methyl sites for hydroxylation is 2. The van der Waals surface area contributed by atoms with Crippen LogP contribution in [0.1, 0.15) is 10.6 Å². The average molecular weight is 329 g/mol. The molecule has 0 radical (unpaired) electrons. The number of hydrogen-bond acceptors (Lipinski definition) is 4. The van der Waals surface area contributed by atoms with Crippen molar-refractivity contribution in [1.29, 1.82) is 0 Å². The van der Waals surface area contributed by atoms with Crippen molar-refractivity contribution >= 4 is 23.7 Å². The van der Waals surface area contributed by atoms with E-state index in [0.717, 1.165) is 21.8 Å². The van der Waals surface area contributed by atoms with Gasteiger partial charge in [-0.1, -0.05) is 0 Å². The summed E-state index contributed by atoms with van der Waals surface area (Å²) in [5.74, 6) is 0.281. The Hall–Kier alpha value is -1.43. The molecule has 0 saturated carbocycles. The molecule has 0 unspecified atom stereocenters. The topological polar surface area (TPSA) is 48.1 Å². The molecule has 0 bridgehead atoms. The van der Waals surface area contributed by atoms with Crippen molar-refractivity contribution in [2.75, 3.05) is 13.2 Å². The number of nitrogens with zero attached hydrogens (tertiary/aromatic N) is 1. The molecule has 3 nitrogen and oxygen atoms in total. The van der Waals surface area contributed by atoms with Crippen LogP contribution in [0.5, 0.6) is 5.75 Å². The molecule has 0 aliphatic carbocycles. The zero-order valence-electron chi connectivity index (χ0n) is 11.9. The molecular formula is C15H18ClFN2OS. The second kappa shape index (κ2) is 8.12. The third kappa shape index (κ3) is 4.81. The van der Waals surface area contributed by atoms with Gasteiger partial charge in [-0.15, -0.1) is 23.7 Å². The van der Waals surface area contributed by atoms with Crippen molar-refractivity contribution < 1.29 is 9.13 Å². The predicted octanol–water partition coefficient (Wildman–Crippen LogP) is 4.04. The standard InChI is InChI=1S/C15H17FN2OS.ClH/c1-10-7-13(19-8-12(16)5-6-17)3-4-14(10)15-9-20-11(2)18-15;/h3-5,7,9H,6,8,17H2,1-2H3;1H/b12-5-;. The van der Waals surface area contributed by atoms with Crippen LogP contribution in [0.25, 0.3) is 11.3 Å². The van der Waals surface area contributed by atoms with Crippen molar-refractivity contribution in [3.8, 4) is 17.0 Å². The molecule has 1 aromatic heterocycles. The molecule has 0 fully saturated rings. The van der Waals surface area contributed by atoms with E-state index in [1.807, 2.05) is 37.4 Å². The second-order valence-corrected chi connectivity index (χ2v) is 5.47. The first-order valence-electron chi connectivity index (χ1n) is 6.30. The minimum absolute atomic E-state index is 0. The van der Waals surface area contributed by atoms with Gasteiger partial charge in [0.1, 0.15) is 18.2 Å². The molecule has 0 atom stereocenters. The summed E-state index contributed by atoms with van der Waals surface area (Å²) in [6, 6.07) is 5.66. The highest BCUT2D eigenvalue weighted by Crippen LogP contribution is 2.28. The van der Waals surface area contributed by atoms with Crippen LogP contribution in [0, 0.1) is 13.8 Å². The van der Waals surface area contributed by atoms with Crippen LogP contribution >= 0.6 is 23.7 Å². The maximum atomic E-state index is 13.2. The maximum absolute atomic E-state index is 13.2. The van der Waals surface area contributed by atoms with Crippen molar-refractivity contribution in [1.82, 2.24) is 4.98 Å². The van der Waals surface area contributed by atoms with E-state index in [2.05, 4.69) is 4.98 Å². The third-order valence-corrected chi connectivity index (χ3v) is 3.58. The van der Waals surface area contributed by atoms with Crippen LogP contribution in [-0.2, 0) is 0 Å². The number of hydrogen-bond donors (Lipinski definition) is 1. The van der Waals surface area contributed by atoms with E-state index < -0.39 is 0 Å². The summed E-state index contributed by atoms with van der Waals surface area (Å²) in [6.07, 6.45) is 1.30. The summed E-state index contributed by atoms with van der Waals surface area (Å²) < 4.78 is 18.6. The monoisotopic (exact) mass is 328 g/mol. The summed E-state index contributed by atoms with van der Waals surface area (Å²) in [6.45, 7) is 4.05. The molecular weight excluding hydrogens is 311 g/mol. The van der Waals surface area contributed by atoms with E-state index in [0.29, 0.717) is 5.75 Å². The number of aromatic nitrogens is 1. The number of halogens is 2. The Morgan fingerprint density at radius 1 is 1.43 bits per heavy atom. The number of benzene rings is 1. The van der Waals surface area contributed by atoms with Crippen LogP contribution in [0.4, 0.5) is 4.39 Å². The van der Waals surface area contributed by atoms with Crippen LogP contribution in [0.2, 0.25) is 0 Å². The minimum atomic E-state index is -0.357. The summed E-state index contributed by atoms with van der Waals surface area (Å²) >= 11 is 1.62. The van der Waals surface area contributed by atoms with Gasteiger partial charge in [0.25, 0.3) is 0 Å². The molecule has 2 rings (SSSR count).